The van der Waals surface area contributed by atoms with Crippen molar-refractivity contribution in [3.05, 3.63) is 126 Å². The first-order chi connectivity index (χ1) is 24.2. The first-order valence-electron chi connectivity index (χ1n) is 16.9. The Labute approximate surface area is 291 Å². The highest BCUT2D eigenvalue weighted by Gasteiger charge is 2.21. The molecule has 2 aliphatic heterocycles. The number of benzene rings is 4. The van der Waals surface area contributed by atoms with Crippen LogP contribution in [0.25, 0.3) is 21.8 Å². The summed E-state index contributed by atoms with van der Waals surface area (Å²) in [5.74, 6) is 4.79. The maximum Gasteiger partial charge on any atom is 0.227 e. The van der Waals surface area contributed by atoms with Gasteiger partial charge in [0, 0.05) is 68.6 Å². The first kappa shape index (κ1) is 32.5. The number of fused-ring (bicyclic) bond motifs is 2. The van der Waals surface area contributed by atoms with Gasteiger partial charge in [0.15, 0.2) is 0 Å². The molecule has 2 aromatic heterocycles. The van der Waals surface area contributed by atoms with Crippen LogP contribution in [0.15, 0.2) is 109 Å². The minimum absolute atomic E-state index is 0.319. The van der Waals surface area contributed by atoms with Gasteiger partial charge < -0.3 is 20.9 Å². The lowest BCUT2D eigenvalue weighted by atomic mass is 10.1. The third kappa shape index (κ3) is 8.33. The van der Waals surface area contributed by atoms with Crippen LogP contribution in [0.2, 0.25) is 0 Å². The molecule has 0 aliphatic carbocycles. The van der Waals surface area contributed by atoms with Gasteiger partial charge in [-0.25, -0.2) is 15.0 Å². The maximum atomic E-state index is 11.5. The van der Waals surface area contributed by atoms with Crippen LogP contribution in [0.1, 0.15) is 35.0 Å². The van der Waals surface area contributed by atoms with E-state index in [1.54, 1.807) is 0 Å². The van der Waals surface area contributed by atoms with Crippen molar-refractivity contribution in [3.8, 4) is 0 Å². The fraction of sp³-hybridized carbons (Fsp3) is 0.256. The van der Waals surface area contributed by atoms with Crippen LogP contribution in [0, 0.1) is 0 Å². The predicted octanol–water partition coefficient (Wildman–Crippen LogP) is 7.03. The van der Waals surface area contributed by atoms with Gasteiger partial charge in [0.1, 0.15) is 23.2 Å². The summed E-state index contributed by atoms with van der Waals surface area (Å²) >= 11 is 1.93. The van der Waals surface area contributed by atoms with Gasteiger partial charge in [0.25, 0.3) is 0 Å². The van der Waals surface area contributed by atoms with Crippen molar-refractivity contribution in [1.82, 2.24) is 25.3 Å². The SMILES string of the molecule is O=C1CCN(c2nc(NCc3ccccc3)c3ccccc3n2)CC1.c1ccc(CNc2nc(C3CNCCS3)nc3ccccc23)cc1. The number of carbonyl (C=O) groups excluding carboxylic acids is 1. The van der Waals surface area contributed by atoms with Crippen molar-refractivity contribution in [1.29, 1.82) is 0 Å². The molecule has 0 amide bonds. The van der Waals surface area contributed by atoms with Gasteiger partial charge in [-0.1, -0.05) is 84.9 Å². The Morgan fingerprint density at radius 2 is 1.22 bits per heavy atom. The van der Waals surface area contributed by atoms with Crippen LogP contribution < -0.4 is 20.9 Å². The van der Waals surface area contributed by atoms with Crippen molar-refractivity contribution in [3.63, 3.8) is 0 Å². The molecule has 9 nitrogen and oxygen atoms in total. The second-order valence-corrected chi connectivity index (χ2v) is 13.4. The molecule has 1 atom stereocenters. The Morgan fingerprint density at radius 3 is 1.82 bits per heavy atom. The predicted molar refractivity (Wildman–Crippen MR) is 201 cm³/mol. The molecule has 8 rings (SSSR count). The smallest absolute Gasteiger partial charge is 0.227 e. The number of ketones is 1. The summed E-state index contributed by atoms with van der Waals surface area (Å²) in [5.41, 5.74) is 4.37. The minimum atomic E-state index is 0.319. The van der Waals surface area contributed by atoms with E-state index in [4.69, 9.17) is 19.9 Å². The monoisotopic (exact) mass is 668 g/mol. The van der Waals surface area contributed by atoms with E-state index >= 15 is 0 Å². The van der Waals surface area contributed by atoms with Crippen LogP contribution in [0.4, 0.5) is 17.6 Å². The van der Waals surface area contributed by atoms with Crippen LogP contribution in [-0.4, -0.2) is 57.7 Å². The van der Waals surface area contributed by atoms with Gasteiger partial charge in [0.2, 0.25) is 5.95 Å². The third-order valence-electron chi connectivity index (χ3n) is 8.64. The fourth-order valence-corrected chi connectivity index (χ4v) is 7.00. The molecular formula is C39H40N8OS. The second kappa shape index (κ2) is 15.9. The van der Waals surface area contributed by atoms with Crippen molar-refractivity contribution >= 4 is 56.9 Å². The fourth-order valence-electron chi connectivity index (χ4n) is 5.96. The normalized spacial score (nSPS) is 16.2. The molecule has 0 radical (unpaired) electrons. The van der Waals surface area contributed by atoms with Crippen LogP contribution in [0.5, 0.6) is 0 Å². The Kier molecular flexibility index (Phi) is 10.5. The standard InChI is InChI=1S/C20H20N4O.C19H20N4S/c25-16-10-12-24(13-11-16)20-22-18-9-5-4-8-17(18)19(23-20)21-14-15-6-2-1-3-7-15;1-2-6-14(7-3-1)12-21-18-15-8-4-5-9-16(15)22-19(23-18)17-13-20-10-11-24-17/h1-9H,10-14H2,(H,21,22,23);1-9,17,20H,10-13H2,(H,21,22,23). The number of nitrogens with zero attached hydrogens (tertiary/aromatic N) is 5. The van der Waals surface area contributed by atoms with Gasteiger partial charge >= 0.3 is 0 Å². The van der Waals surface area contributed by atoms with Gasteiger partial charge in [-0.05, 0) is 35.4 Å². The Balaban J connectivity index is 0.000000154. The molecule has 0 spiro atoms. The summed E-state index contributed by atoms with van der Waals surface area (Å²) in [7, 11) is 0. The number of piperidine rings is 1. The average molecular weight is 669 g/mol. The first-order valence-corrected chi connectivity index (χ1v) is 17.9. The van der Waals surface area contributed by atoms with Crippen LogP contribution in [0.3, 0.4) is 0 Å². The topological polar surface area (TPSA) is 108 Å². The molecule has 3 N–H and O–H groups in total. The molecule has 0 saturated carbocycles. The quantitative estimate of drug-likeness (QED) is 0.156. The van der Waals surface area contributed by atoms with E-state index < -0.39 is 0 Å². The lowest BCUT2D eigenvalue weighted by molar-refractivity contribution is -0.119. The van der Waals surface area contributed by atoms with Gasteiger partial charge in [0.05, 0.1) is 16.3 Å². The van der Waals surface area contributed by atoms with Crippen molar-refractivity contribution < 1.29 is 4.79 Å². The number of hydrogen-bond donors (Lipinski definition) is 3. The van der Waals surface area contributed by atoms with Crippen molar-refractivity contribution in [2.75, 3.05) is 47.5 Å². The highest BCUT2D eigenvalue weighted by Crippen LogP contribution is 2.31. The van der Waals surface area contributed by atoms with Crippen LogP contribution >= 0.6 is 11.8 Å². The number of carbonyl (C=O) groups is 1. The highest BCUT2D eigenvalue weighted by molar-refractivity contribution is 7.99. The summed E-state index contributed by atoms with van der Waals surface area (Å²) in [5, 5.41) is 12.8. The van der Waals surface area contributed by atoms with E-state index in [9.17, 15) is 4.79 Å². The lowest BCUT2D eigenvalue weighted by Crippen LogP contribution is -2.35. The summed E-state index contributed by atoms with van der Waals surface area (Å²) in [6.07, 6.45) is 1.14. The van der Waals surface area contributed by atoms with Crippen LogP contribution in [-0.2, 0) is 17.9 Å². The number of rotatable bonds is 8. The number of thioether (sulfide) groups is 1. The zero-order valence-electron chi connectivity index (χ0n) is 27.4. The Bertz CT molecular complexity index is 1990. The maximum absolute atomic E-state index is 11.5. The molecule has 10 heteroatoms. The zero-order chi connectivity index (χ0) is 33.3. The second-order valence-electron chi connectivity index (χ2n) is 12.1. The lowest BCUT2D eigenvalue weighted by Gasteiger charge is -2.26. The van der Waals surface area contributed by atoms with E-state index in [-0.39, 0.29) is 0 Å². The molecule has 1 unspecified atom stereocenters. The van der Waals surface area contributed by atoms with E-state index in [0.29, 0.717) is 49.5 Å². The van der Waals surface area contributed by atoms with Gasteiger partial charge in [-0.15, -0.1) is 11.8 Å². The summed E-state index contributed by atoms with van der Waals surface area (Å²) in [6.45, 7) is 4.84. The van der Waals surface area contributed by atoms with Crippen molar-refractivity contribution in [2.45, 2.75) is 31.2 Å². The highest BCUT2D eigenvalue weighted by atomic mass is 32.2. The number of anilines is 3. The summed E-state index contributed by atoms with van der Waals surface area (Å²) in [4.78, 5) is 32.7. The summed E-state index contributed by atoms with van der Waals surface area (Å²) in [6, 6.07) is 36.9. The van der Waals surface area contributed by atoms with Gasteiger partial charge in [-0.3, -0.25) is 4.79 Å². The molecule has 49 heavy (non-hydrogen) atoms. The molecule has 2 saturated heterocycles. The number of Topliss-reactive ketones (excluding diaryl/α,β-unsaturated/α-hetero) is 1. The number of hydrogen-bond acceptors (Lipinski definition) is 10. The Morgan fingerprint density at radius 1 is 0.673 bits per heavy atom. The summed E-state index contributed by atoms with van der Waals surface area (Å²) < 4.78 is 0. The number of nitrogens with one attached hydrogen (secondary N) is 3. The van der Waals surface area contributed by atoms with Crippen molar-refractivity contribution in [2.24, 2.45) is 0 Å². The molecular weight excluding hydrogens is 629 g/mol. The van der Waals surface area contributed by atoms with E-state index in [0.717, 1.165) is 64.7 Å². The molecule has 4 aromatic carbocycles. The molecule has 0 bridgehead atoms. The minimum Gasteiger partial charge on any atom is -0.365 e. The number of para-hydroxylation sites is 2. The largest absolute Gasteiger partial charge is 0.365 e. The van der Waals surface area contributed by atoms with E-state index in [2.05, 4.69) is 69.4 Å². The average Bonchev–Trinajstić information content (AvgIpc) is 3.17. The third-order valence-corrected chi connectivity index (χ3v) is 9.86. The molecule has 6 aromatic rings. The number of aromatic nitrogens is 4. The zero-order valence-corrected chi connectivity index (χ0v) is 28.2. The molecule has 2 aliphatic rings. The molecule has 2 fully saturated rings. The van der Waals surface area contributed by atoms with E-state index in [1.165, 1.54) is 11.1 Å². The Hall–Kier alpha value is -5.06. The van der Waals surface area contributed by atoms with Gasteiger partial charge in [-0.2, -0.15) is 4.98 Å². The molecule has 248 valence electrons. The van der Waals surface area contributed by atoms with E-state index in [1.807, 2.05) is 72.4 Å². The molecule has 4 heterocycles.